The van der Waals surface area contributed by atoms with E-state index in [0.717, 1.165) is 38.5 Å². The zero-order valence-corrected chi connectivity index (χ0v) is 27.8. The third-order valence-electron chi connectivity index (χ3n) is 11.1. The number of fused-ring (bicyclic) bond motifs is 5. The Morgan fingerprint density at radius 3 is 2.44 bits per heavy atom. The number of nitrogens with zero attached hydrogens (tertiary/aromatic N) is 4. The topological polar surface area (TPSA) is 119 Å². The fourth-order valence-electron chi connectivity index (χ4n) is 9.46. The molecular formula is C25H40N4Na2O4S. The van der Waals surface area contributed by atoms with E-state index in [1.165, 1.54) is 19.3 Å². The van der Waals surface area contributed by atoms with Gasteiger partial charge in [-0.15, -0.1) is 0 Å². The molecule has 0 aromatic carbocycles. The molecule has 0 spiro atoms. The van der Waals surface area contributed by atoms with Crippen LogP contribution < -0.4 is 64.2 Å². The molecule has 4 aliphatic rings. The summed E-state index contributed by atoms with van der Waals surface area (Å²) in [5.41, 5.74) is 0.368. The van der Waals surface area contributed by atoms with Gasteiger partial charge in [-0.2, -0.15) is 5.21 Å². The molecule has 0 N–H and O–H groups in total. The number of hydrogen-bond donors (Lipinski definition) is 0. The molecule has 0 radical (unpaired) electrons. The molecule has 0 amide bonds. The van der Waals surface area contributed by atoms with Crippen LogP contribution in [0.1, 0.15) is 91.3 Å². The van der Waals surface area contributed by atoms with E-state index in [0.29, 0.717) is 47.8 Å². The van der Waals surface area contributed by atoms with Gasteiger partial charge in [0.05, 0.1) is 6.10 Å². The maximum atomic E-state index is 11.8. The van der Waals surface area contributed by atoms with E-state index in [-0.39, 0.29) is 75.9 Å². The molecule has 1 aromatic heterocycles. The van der Waals surface area contributed by atoms with E-state index in [1.54, 1.807) is 0 Å². The third-order valence-corrected chi connectivity index (χ3v) is 11.6. The predicted molar refractivity (Wildman–Crippen MR) is 125 cm³/mol. The largest absolute Gasteiger partial charge is 1.00 e. The van der Waals surface area contributed by atoms with E-state index >= 15 is 0 Å². The standard InChI is InChI=1S/C25H41N4O4S.2Na/c1-15-9-11-24(3)17(13-15)14-21(33-34(30,31)32)23-19-7-6-18(25(19,4)12-10-20(23)24)16(2)5-8-22-26-28-29-27-22;;/h15-21,23H,5-14H2,1-4H3,(H-,26,27,28,29,30,31,32);;/q-1;2*+1/p-1/t15-,16-,17+,18-,19+,20+,21-,23+,24+,25-;;/m1../s1. The zero-order valence-electron chi connectivity index (χ0n) is 23.0. The Balaban J connectivity index is 0.00000180. The van der Waals surface area contributed by atoms with Crippen molar-refractivity contribution in [1.82, 2.24) is 20.6 Å². The molecule has 1 aromatic rings. The van der Waals surface area contributed by atoms with E-state index in [4.69, 9.17) is 4.18 Å². The summed E-state index contributed by atoms with van der Waals surface area (Å²) in [6, 6.07) is 0. The second-order valence-corrected chi connectivity index (χ2v) is 13.7. The average Bonchev–Trinajstić information content (AvgIpc) is 3.39. The van der Waals surface area contributed by atoms with E-state index in [1.807, 2.05) is 0 Å². The first kappa shape index (κ1) is 31.5. The minimum atomic E-state index is -4.73. The van der Waals surface area contributed by atoms with Crippen LogP contribution in [0.4, 0.5) is 0 Å². The van der Waals surface area contributed by atoms with Gasteiger partial charge in [0.1, 0.15) is 0 Å². The van der Waals surface area contributed by atoms with Crippen molar-refractivity contribution in [2.45, 2.75) is 98.0 Å². The fourth-order valence-corrected chi connectivity index (χ4v) is 9.97. The molecule has 192 valence electrons. The van der Waals surface area contributed by atoms with Gasteiger partial charge < -0.3 is 9.65 Å². The number of hydrogen-bond acceptors (Lipinski definition) is 7. The van der Waals surface area contributed by atoms with Crippen molar-refractivity contribution in [3.05, 3.63) is 5.82 Å². The second-order valence-electron chi connectivity index (χ2n) is 12.7. The molecular weight excluding hydrogens is 498 g/mol. The average molecular weight is 539 g/mol. The summed E-state index contributed by atoms with van der Waals surface area (Å²) >= 11 is 0. The van der Waals surface area contributed by atoms with E-state index < -0.39 is 16.5 Å². The van der Waals surface area contributed by atoms with Crippen LogP contribution in [0.2, 0.25) is 0 Å². The second kappa shape index (κ2) is 11.8. The van der Waals surface area contributed by atoms with Crippen molar-refractivity contribution < 1.29 is 76.3 Å². The van der Waals surface area contributed by atoms with Crippen molar-refractivity contribution in [3.8, 4) is 0 Å². The first-order valence-electron chi connectivity index (χ1n) is 13.3. The quantitative estimate of drug-likeness (QED) is 0.235. The van der Waals surface area contributed by atoms with Gasteiger partial charge in [0.25, 0.3) is 0 Å². The maximum absolute atomic E-state index is 11.8. The predicted octanol–water partition coefficient (Wildman–Crippen LogP) is -1.84. The smallest absolute Gasteiger partial charge is 0.726 e. The molecule has 1 heterocycles. The summed E-state index contributed by atoms with van der Waals surface area (Å²) in [5, 5.41) is 15.2. The van der Waals surface area contributed by atoms with Crippen molar-refractivity contribution in [2.75, 3.05) is 0 Å². The van der Waals surface area contributed by atoms with Gasteiger partial charge in [0, 0.05) is 5.82 Å². The Kier molecular flexibility index (Phi) is 10.3. The first-order valence-corrected chi connectivity index (χ1v) is 14.7. The molecule has 0 bridgehead atoms. The number of rotatable bonds is 6. The SMILES string of the molecule is C[C@@H]1CC[C@@]2(C)[C@@H](C1)C[C@@H](OS(=O)(=O)[O-])[C@@H]1[C@@H]2CC[C@]2(C)[C@@H]([C@H](C)CCc3nnn[n-]3)CC[C@@H]12.[Na+].[Na+]. The molecule has 8 nitrogen and oxygen atoms in total. The monoisotopic (exact) mass is 538 g/mol. The Hall–Kier alpha value is 0.940. The van der Waals surface area contributed by atoms with Gasteiger partial charge in [-0.25, -0.2) is 8.42 Å². The molecule has 0 unspecified atom stereocenters. The Morgan fingerprint density at radius 1 is 1.08 bits per heavy atom. The first-order chi connectivity index (χ1) is 16.0. The van der Waals surface area contributed by atoms with Crippen molar-refractivity contribution in [3.63, 3.8) is 0 Å². The Morgan fingerprint density at radius 2 is 1.78 bits per heavy atom. The number of aryl methyl sites for hydroxylation is 1. The van der Waals surface area contributed by atoms with Gasteiger partial charge in [-0.05, 0) is 110 Å². The van der Waals surface area contributed by atoms with Crippen LogP contribution in [0.3, 0.4) is 0 Å². The van der Waals surface area contributed by atoms with Crippen LogP contribution in [0.5, 0.6) is 0 Å². The number of aromatic nitrogens is 4. The van der Waals surface area contributed by atoms with E-state index in [9.17, 15) is 13.0 Å². The van der Waals surface area contributed by atoms with Gasteiger partial charge in [-0.3, -0.25) is 14.5 Å². The summed E-state index contributed by atoms with van der Waals surface area (Å²) in [6.45, 7) is 9.54. The molecule has 36 heavy (non-hydrogen) atoms. The Labute approximate surface area is 261 Å². The minimum absolute atomic E-state index is 0. The van der Waals surface area contributed by atoms with Crippen LogP contribution in [0.25, 0.3) is 0 Å². The molecule has 4 aliphatic carbocycles. The van der Waals surface area contributed by atoms with Crippen LogP contribution >= 0.6 is 0 Å². The van der Waals surface area contributed by atoms with E-state index in [2.05, 4.69) is 48.3 Å². The molecule has 11 heteroatoms. The van der Waals surface area contributed by atoms with Gasteiger partial charge in [-0.1, -0.05) is 34.1 Å². The van der Waals surface area contributed by atoms with Gasteiger partial charge >= 0.3 is 59.1 Å². The minimum Gasteiger partial charge on any atom is -0.726 e. The number of tetrazole rings is 1. The molecule has 5 rings (SSSR count). The van der Waals surface area contributed by atoms with Gasteiger partial charge in [0.2, 0.25) is 10.4 Å². The summed E-state index contributed by atoms with van der Waals surface area (Å²) in [5.74, 6) is 3.88. The molecule has 0 saturated heterocycles. The molecule has 4 saturated carbocycles. The zero-order chi connectivity index (χ0) is 24.3. The summed E-state index contributed by atoms with van der Waals surface area (Å²) < 4.78 is 40.9. The van der Waals surface area contributed by atoms with Crippen LogP contribution in [0.15, 0.2) is 0 Å². The summed E-state index contributed by atoms with van der Waals surface area (Å²) in [7, 11) is -4.73. The summed E-state index contributed by atoms with van der Waals surface area (Å²) in [4.78, 5) is 0. The maximum Gasteiger partial charge on any atom is 1.00 e. The summed E-state index contributed by atoms with van der Waals surface area (Å²) in [6.07, 6.45) is 10.1. The Bertz CT molecular complexity index is 983. The van der Waals surface area contributed by atoms with Crippen molar-refractivity contribution in [1.29, 1.82) is 0 Å². The molecule has 10 atom stereocenters. The van der Waals surface area contributed by atoms with Crippen LogP contribution in [0, 0.1) is 52.3 Å². The third kappa shape index (κ3) is 5.85. The van der Waals surface area contributed by atoms with Crippen molar-refractivity contribution in [2.24, 2.45) is 52.3 Å². The van der Waals surface area contributed by atoms with Crippen LogP contribution in [-0.4, -0.2) is 34.6 Å². The fraction of sp³-hybridized carbons (Fsp3) is 0.960. The van der Waals surface area contributed by atoms with Gasteiger partial charge in [0.15, 0.2) is 0 Å². The molecule has 4 fully saturated rings. The van der Waals surface area contributed by atoms with Crippen molar-refractivity contribution >= 4 is 10.4 Å². The molecule has 0 aliphatic heterocycles. The van der Waals surface area contributed by atoms with Crippen LogP contribution in [-0.2, 0) is 21.0 Å². The normalized spacial score (nSPS) is 42.8.